The lowest BCUT2D eigenvalue weighted by Gasteiger charge is -2.37. The molecular weight excluding hydrogens is 460 g/mol. The van der Waals surface area contributed by atoms with Crippen molar-refractivity contribution in [1.82, 2.24) is 10.2 Å². The van der Waals surface area contributed by atoms with Crippen LogP contribution < -0.4 is 20.1 Å². The number of para-hydroxylation sites is 1. The molecule has 0 radical (unpaired) electrons. The molecule has 2 N–H and O–H groups in total. The molecule has 2 heterocycles. The smallest absolute Gasteiger partial charge is 0.321 e. The van der Waals surface area contributed by atoms with Crippen molar-refractivity contribution < 1.29 is 23.9 Å². The first-order valence-electron chi connectivity index (χ1n) is 12.2. The van der Waals surface area contributed by atoms with Gasteiger partial charge in [-0.15, -0.1) is 0 Å². The number of amides is 3. The molecule has 0 aliphatic carbocycles. The van der Waals surface area contributed by atoms with E-state index in [0.29, 0.717) is 62.0 Å². The Balaban J connectivity index is 1.27. The van der Waals surface area contributed by atoms with Crippen LogP contribution in [0.4, 0.5) is 10.5 Å². The maximum Gasteiger partial charge on any atom is 0.321 e. The highest BCUT2D eigenvalue weighted by Crippen LogP contribution is 2.35. The molecule has 2 aromatic carbocycles. The summed E-state index contributed by atoms with van der Waals surface area (Å²) < 4.78 is 10.6. The summed E-state index contributed by atoms with van der Waals surface area (Å²) in [7, 11) is 3.15. The number of oxime groups is 1. The number of benzene rings is 2. The predicted octanol–water partition coefficient (Wildman–Crippen LogP) is 4.29. The van der Waals surface area contributed by atoms with Gasteiger partial charge in [-0.05, 0) is 35.2 Å². The number of nitrogens with one attached hydrogen (secondary N) is 2. The Labute approximate surface area is 211 Å². The van der Waals surface area contributed by atoms with Crippen molar-refractivity contribution in [1.29, 1.82) is 0 Å². The number of nitrogens with zero attached hydrogens (tertiary/aromatic N) is 2. The van der Waals surface area contributed by atoms with Crippen LogP contribution in [0, 0.1) is 0 Å². The normalized spacial score (nSPS) is 16.4. The summed E-state index contributed by atoms with van der Waals surface area (Å²) in [6, 6.07) is 13.3. The van der Waals surface area contributed by atoms with Crippen LogP contribution in [0.3, 0.4) is 0 Å². The van der Waals surface area contributed by atoms with Crippen LogP contribution in [-0.4, -0.2) is 55.5 Å². The summed E-state index contributed by atoms with van der Waals surface area (Å²) >= 11 is 0. The van der Waals surface area contributed by atoms with E-state index >= 15 is 0 Å². The van der Waals surface area contributed by atoms with Crippen molar-refractivity contribution in [3.05, 3.63) is 53.6 Å². The number of anilines is 1. The quantitative estimate of drug-likeness (QED) is 0.598. The second-order valence-corrected chi connectivity index (χ2v) is 9.52. The van der Waals surface area contributed by atoms with Crippen LogP contribution in [0.1, 0.15) is 50.2 Å². The number of piperidine rings is 1. The summed E-state index contributed by atoms with van der Waals surface area (Å²) in [5, 5.41) is 10.0. The van der Waals surface area contributed by atoms with Crippen molar-refractivity contribution in [2.24, 2.45) is 5.16 Å². The lowest BCUT2D eigenvalue weighted by atomic mass is 9.87. The van der Waals surface area contributed by atoms with Crippen LogP contribution in [0.5, 0.6) is 11.5 Å². The lowest BCUT2D eigenvalue weighted by Crippen LogP contribution is -2.48. The summed E-state index contributed by atoms with van der Waals surface area (Å²) in [6.45, 7) is 5.61. The molecule has 1 spiro atoms. The van der Waals surface area contributed by atoms with E-state index in [0.717, 1.165) is 16.8 Å². The number of likely N-dealkylation sites (tertiary alicyclic amines) is 1. The summed E-state index contributed by atoms with van der Waals surface area (Å²) in [6.07, 6.45) is 1.65. The first-order chi connectivity index (χ1) is 17.3. The fourth-order valence-electron chi connectivity index (χ4n) is 4.61. The molecule has 2 aromatic rings. The number of urea groups is 1. The highest BCUT2D eigenvalue weighted by molar-refractivity contribution is 6.39. The minimum absolute atomic E-state index is 0.121. The Morgan fingerprint density at radius 2 is 1.81 bits per heavy atom. The van der Waals surface area contributed by atoms with Crippen molar-refractivity contribution in [3.63, 3.8) is 0 Å². The zero-order valence-corrected chi connectivity index (χ0v) is 21.3. The Morgan fingerprint density at radius 1 is 1.08 bits per heavy atom. The van der Waals surface area contributed by atoms with Crippen LogP contribution in [0.2, 0.25) is 0 Å². The van der Waals surface area contributed by atoms with Gasteiger partial charge in [-0.1, -0.05) is 43.3 Å². The molecule has 36 heavy (non-hydrogen) atoms. The minimum atomic E-state index is -0.539. The molecule has 1 saturated heterocycles. The van der Waals surface area contributed by atoms with Gasteiger partial charge < -0.3 is 29.8 Å². The van der Waals surface area contributed by atoms with Crippen molar-refractivity contribution in [2.45, 2.75) is 51.2 Å². The highest BCUT2D eigenvalue weighted by atomic mass is 16.7. The Bertz CT molecular complexity index is 1140. The van der Waals surface area contributed by atoms with Crippen LogP contribution in [0.25, 0.3) is 0 Å². The van der Waals surface area contributed by atoms with Gasteiger partial charge in [0.05, 0.1) is 14.2 Å². The van der Waals surface area contributed by atoms with Gasteiger partial charge in [-0.3, -0.25) is 4.79 Å². The van der Waals surface area contributed by atoms with Gasteiger partial charge in [0.25, 0.3) is 5.91 Å². The molecule has 0 unspecified atom stereocenters. The second-order valence-electron chi connectivity index (χ2n) is 9.52. The fraction of sp³-hybridized carbons (Fsp3) is 0.444. The molecule has 4 rings (SSSR count). The number of ether oxygens (including phenoxy) is 2. The molecule has 0 atom stereocenters. The van der Waals surface area contributed by atoms with Gasteiger partial charge in [0.15, 0.2) is 11.5 Å². The molecule has 0 bridgehead atoms. The average molecular weight is 495 g/mol. The standard InChI is InChI=1S/C27H34N4O5/c1-18(2)20-7-5-6-8-21(20)29-26(33)31-13-11-27(12-14-31)16-22(30-36-27)25(32)28-17-19-9-10-23(34-3)24(15-19)35-4/h5-10,15,18H,11-14,16-17H2,1-4H3,(H,28,32)(H,29,33). The maximum atomic E-state index is 12.9. The molecule has 9 nitrogen and oxygen atoms in total. The van der Waals surface area contributed by atoms with Crippen molar-refractivity contribution in [3.8, 4) is 11.5 Å². The molecule has 192 valence electrons. The number of hydrogen-bond donors (Lipinski definition) is 2. The highest BCUT2D eigenvalue weighted by Gasteiger charge is 2.44. The number of carbonyl (C=O) groups is 2. The van der Waals surface area contributed by atoms with Gasteiger partial charge in [-0.2, -0.15) is 0 Å². The second kappa shape index (κ2) is 10.9. The topological polar surface area (TPSA) is 101 Å². The van der Waals surface area contributed by atoms with E-state index in [1.54, 1.807) is 25.2 Å². The first-order valence-corrected chi connectivity index (χ1v) is 12.2. The summed E-state index contributed by atoms with van der Waals surface area (Å²) in [4.78, 5) is 33.2. The zero-order valence-electron chi connectivity index (χ0n) is 21.3. The van der Waals surface area contributed by atoms with Gasteiger partial charge in [0.2, 0.25) is 0 Å². The van der Waals surface area contributed by atoms with Crippen LogP contribution in [0.15, 0.2) is 47.6 Å². The number of methoxy groups -OCH3 is 2. The minimum Gasteiger partial charge on any atom is -0.493 e. The molecule has 9 heteroatoms. The van der Waals surface area contributed by atoms with E-state index in [1.165, 1.54) is 0 Å². The Kier molecular flexibility index (Phi) is 7.67. The Hall–Kier alpha value is -3.75. The monoisotopic (exact) mass is 494 g/mol. The van der Waals surface area contributed by atoms with Gasteiger partial charge in [0.1, 0.15) is 11.3 Å². The molecule has 1 fully saturated rings. The molecule has 0 saturated carbocycles. The maximum absolute atomic E-state index is 12.9. The average Bonchev–Trinajstić information content (AvgIpc) is 3.31. The van der Waals surface area contributed by atoms with Gasteiger partial charge in [-0.25, -0.2) is 4.79 Å². The number of hydrogen-bond acceptors (Lipinski definition) is 6. The lowest BCUT2D eigenvalue weighted by molar-refractivity contribution is -0.115. The van der Waals surface area contributed by atoms with Gasteiger partial charge >= 0.3 is 6.03 Å². The molecule has 3 amide bonds. The third-order valence-corrected chi connectivity index (χ3v) is 6.79. The zero-order chi connectivity index (χ0) is 25.7. The molecule has 2 aliphatic heterocycles. The number of rotatable bonds is 7. The van der Waals surface area contributed by atoms with E-state index in [9.17, 15) is 9.59 Å². The van der Waals surface area contributed by atoms with Crippen molar-refractivity contribution >= 4 is 23.3 Å². The summed E-state index contributed by atoms with van der Waals surface area (Å²) in [5.41, 5.74) is 2.66. The largest absolute Gasteiger partial charge is 0.493 e. The molecule has 2 aliphatic rings. The van der Waals surface area contributed by atoms with E-state index in [4.69, 9.17) is 14.3 Å². The number of carbonyl (C=O) groups excluding carboxylic acids is 2. The third-order valence-electron chi connectivity index (χ3n) is 6.79. The van der Waals surface area contributed by atoms with Crippen LogP contribution >= 0.6 is 0 Å². The Morgan fingerprint density at radius 3 is 2.50 bits per heavy atom. The first kappa shape index (κ1) is 25.3. The van der Waals surface area contributed by atoms with E-state index in [-0.39, 0.29) is 11.9 Å². The van der Waals surface area contributed by atoms with E-state index < -0.39 is 5.60 Å². The van der Waals surface area contributed by atoms with Gasteiger partial charge in [0, 0.05) is 44.6 Å². The SMILES string of the molecule is COc1ccc(CNC(=O)C2=NOC3(CCN(C(=O)Nc4ccccc4C(C)C)CC3)C2)cc1OC. The van der Waals surface area contributed by atoms with E-state index in [1.807, 2.05) is 36.4 Å². The van der Waals surface area contributed by atoms with E-state index in [2.05, 4.69) is 29.6 Å². The molecule has 0 aromatic heterocycles. The van der Waals surface area contributed by atoms with Crippen LogP contribution in [-0.2, 0) is 16.2 Å². The third kappa shape index (κ3) is 5.56. The predicted molar refractivity (Wildman–Crippen MR) is 138 cm³/mol. The summed E-state index contributed by atoms with van der Waals surface area (Å²) in [5.74, 6) is 1.29. The van der Waals surface area contributed by atoms with Crippen molar-refractivity contribution in [2.75, 3.05) is 32.6 Å². The fourth-order valence-corrected chi connectivity index (χ4v) is 4.61. The molecular formula is C27H34N4O5.